The highest BCUT2D eigenvalue weighted by Crippen LogP contribution is 2.50. The quantitative estimate of drug-likeness (QED) is 0.388. The fraction of sp³-hybridized carbons (Fsp3) is 0.500. The predicted octanol–water partition coefficient (Wildman–Crippen LogP) is 7.36. The first-order valence-electron chi connectivity index (χ1n) is 13.0. The molecule has 0 bridgehead atoms. The van der Waals surface area contributed by atoms with Crippen LogP contribution in [-0.2, 0) is 5.54 Å². The van der Waals surface area contributed by atoms with Gasteiger partial charge in [0.15, 0.2) is 11.4 Å². The first-order chi connectivity index (χ1) is 15.6. The Bertz CT molecular complexity index is 1160. The maximum Gasteiger partial charge on any atom is 0.266 e. The Morgan fingerprint density at radius 2 is 1.47 bits per heavy atom. The SMILES string of the molecule is Cc1ccccc1-n1c(C)c2[n+](c1C1CCCCC1)C(C)(C1CCCC1)c1ccccc1-2. The second-order valence-electron chi connectivity index (χ2n) is 10.8. The first-order valence-corrected chi connectivity index (χ1v) is 13.0. The van der Waals surface area contributed by atoms with Gasteiger partial charge in [0.05, 0.1) is 5.92 Å². The average molecular weight is 426 g/mol. The molecule has 6 rings (SSSR count). The molecule has 3 aliphatic rings. The molecule has 1 aliphatic heterocycles. The molecule has 0 amide bonds. The van der Waals surface area contributed by atoms with E-state index in [0.29, 0.717) is 5.92 Å². The Labute approximate surface area is 193 Å². The van der Waals surface area contributed by atoms with Crippen LogP contribution in [0.5, 0.6) is 0 Å². The zero-order chi connectivity index (χ0) is 21.9. The molecule has 3 aromatic rings. The number of nitrogens with zero attached hydrogens (tertiary/aromatic N) is 2. The molecule has 2 nitrogen and oxygen atoms in total. The summed E-state index contributed by atoms with van der Waals surface area (Å²) < 4.78 is 5.54. The molecule has 2 aliphatic carbocycles. The summed E-state index contributed by atoms with van der Waals surface area (Å²) in [4.78, 5) is 0. The van der Waals surface area contributed by atoms with Crippen molar-refractivity contribution in [1.29, 1.82) is 0 Å². The molecular weight excluding hydrogens is 388 g/mol. The number of aryl methyl sites for hydroxylation is 1. The highest BCUT2D eigenvalue weighted by atomic mass is 15.2. The largest absolute Gasteiger partial charge is 0.266 e. The summed E-state index contributed by atoms with van der Waals surface area (Å²) in [6, 6.07) is 18.3. The molecule has 2 fully saturated rings. The Morgan fingerprint density at radius 3 is 2.22 bits per heavy atom. The predicted molar refractivity (Wildman–Crippen MR) is 131 cm³/mol. The van der Waals surface area contributed by atoms with Crippen LogP contribution < -0.4 is 4.57 Å². The smallest absolute Gasteiger partial charge is 0.217 e. The molecule has 1 aromatic heterocycles. The number of para-hydroxylation sites is 1. The lowest BCUT2D eigenvalue weighted by Gasteiger charge is -2.33. The van der Waals surface area contributed by atoms with Gasteiger partial charge in [0, 0.05) is 24.0 Å². The third-order valence-electron chi connectivity index (χ3n) is 9.03. The van der Waals surface area contributed by atoms with Crippen molar-refractivity contribution in [2.24, 2.45) is 5.92 Å². The second kappa shape index (κ2) is 7.61. The van der Waals surface area contributed by atoms with Gasteiger partial charge in [-0.05, 0) is 51.2 Å². The molecule has 32 heavy (non-hydrogen) atoms. The molecular formula is C30H37N2+. The van der Waals surface area contributed by atoms with Crippen LogP contribution in [0.3, 0.4) is 0 Å². The van der Waals surface area contributed by atoms with E-state index in [1.807, 2.05) is 0 Å². The van der Waals surface area contributed by atoms with Crippen molar-refractivity contribution in [3.8, 4) is 16.9 Å². The Kier molecular flexibility index (Phi) is 4.82. The molecule has 1 atom stereocenters. The summed E-state index contributed by atoms with van der Waals surface area (Å²) in [5, 5.41) is 0. The second-order valence-corrected chi connectivity index (χ2v) is 10.8. The topological polar surface area (TPSA) is 8.81 Å². The van der Waals surface area contributed by atoms with Crippen LogP contribution >= 0.6 is 0 Å². The van der Waals surface area contributed by atoms with Crippen molar-refractivity contribution in [2.75, 3.05) is 0 Å². The van der Waals surface area contributed by atoms with Crippen LogP contribution in [-0.4, -0.2) is 4.57 Å². The fourth-order valence-electron chi connectivity index (χ4n) is 7.43. The lowest BCUT2D eigenvalue weighted by molar-refractivity contribution is -0.750. The van der Waals surface area contributed by atoms with Crippen LogP contribution in [0.15, 0.2) is 48.5 Å². The monoisotopic (exact) mass is 425 g/mol. The van der Waals surface area contributed by atoms with Gasteiger partial charge in [0.1, 0.15) is 11.2 Å². The van der Waals surface area contributed by atoms with Crippen LogP contribution in [0.25, 0.3) is 16.9 Å². The average Bonchev–Trinajstić information content (AvgIpc) is 3.52. The molecule has 2 saturated carbocycles. The third kappa shape index (κ3) is 2.74. The minimum Gasteiger partial charge on any atom is -0.217 e. The van der Waals surface area contributed by atoms with Crippen molar-refractivity contribution in [3.63, 3.8) is 0 Å². The first kappa shape index (κ1) is 20.3. The van der Waals surface area contributed by atoms with Crippen molar-refractivity contribution in [1.82, 2.24) is 4.57 Å². The molecule has 2 aromatic carbocycles. The minimum absolute atomic E-state index is 0.0634. The van der Waals surface area contributed by atoms with E-state index in [9.17, 15) is 0 Å². The summed E-state index contributed by atoms with van der Waals surface area (Å²) in [6.07, 6.45) is 12.3. The summed E-state index contributed by atoms with van der Waals surface area (Å²) in [5.41, 5.74) is 8.76. The number of hydrogen-bond donors (Lipinski definition) is 0. The highest BCUT2D eigenvalue weighted by molar-refractivity contribution is 5.69. The molecule has 0 radical (unpaired) electrons. The van der Waals surface area contributed by atoms with Crippen LogP contribution in [0, 0.1) is 19.8 Å². The van der Waals surface area contributed by atoms with Gasteiger partial charge in [0.25, 0.3) is 5.82 Å². The van der Waals surface area contributed by atoms with E-state index in [1.165, 1.54) is 86.0 Å². The van der Waals surface area contributed by atoms with E-state index < -0.39 is 0 Å². The summed E-state index contributed by atoms with van der Waals surface area (Å²) in [5.74, 6) is 2.95. The van der Waals surface area contributed by atoms with E-state index in [2.05, 4.69) is 78.4 Å². The Balaban J connectivity index is 1.70. The van der Waals surface area contributed by atoms with Crippen molar-refractivity contribution >= 4 is 0 Å². The van der Waals surface area contributed by atoms with Gasteiger partial charge >= 0.3 is 0 Å². The van der Waals surface area contributed by atoms with Gasteiger partial charge in [0.2, 0.25) is 0 Å². The van der Waals surface area contributed by atoms with Crippen molar-refractivity contribution in [3.05, 3.63) is 71.2 Å². The maximum absolute atomic E-state index is 2.87. The number of imidazole rings is 1. The number of aromatic nitrogens is 2. The van der Waals surface area contributed by atoms with Gasteiger partial charge in [-0.25, -0.2) is 4.57 Å². The number of hydrogen-bond acceptors (Lipinski definition) is 0. The molecule has 1 unspecified atom stereocenters. The van der Waals surface area contributed by atoms with Crippen LogP contribution in [0.4, 0.5) is 0 Å². The molecule has 2 heteroatoms. The summed E-state index contributed by atoms with van der Waals surface area (Å²) >= 11 is 0. The van der Waals surface area contributed by atoms with Crippen LogP contribution in [0.1, 0.15) is 93.3 Å². The third-order valence-corrected chi connectivity index (χ3v) is 9.03. The normalized spacial score (nSPS) is 23.5. The lowest BCUT2D eigenvalue weighted by Crippen LogP contribution is -2.59. The van der Waals surface area contributed by atoms with E-state index in [-0.39, 0.29) is 5.54 Å². The van der Waals surface area contributed by atoms with Gasteiger partial charge in [-0.3, -0.25) is 0 Å². The van der Waals surface area contributed by atoms with E-state index in [4.69, 9.17) is 0 Å². The molecule has 2 heterocycles. The highest BCUT2D eigenvalue weighted by Gasteiger charge is 2.55. The summed E-state index contributed by atoms with van der Waals surface area (Å²) in [6.45, 7) is 7.23. The number of fused-ring (bicyclic) bond motifs is 3. The number of benzene rings is 2. The Hall–Kier alpha value is -2.35. The lowest BCUT2D eigenvalue weighted by atomic mass is 9.78. The minimum atomic E-state index is 0.0634. The standard InChI is InChI=1S/C30H37N2/c1-21-13-7-12-20-27(21)31-22(2)28-25-18-10-11-19-26(25)30(3,24-16-8-9-17-24)32(28)29(31)23-14-5-4-6-15-23/h7,10-13,18-20,23-24H,4-6,8-9,14-17H2,1-3H3/q+1. The summed E-state index contributed by atoms with van der Waals surface area (Å²) in [7, 11) is 0. The molecule has 0 saturated heterocycles. The Morgan fingerprint density at radius 1 is 0.812 bits per heavy atom. The molecule has 0 N–H and O–H groups in total. The zero-order valence-corrected chi connectivity index (χ0v) is 20.0. The molecule has 0 spiro atoms. The van der Waals surface area contributed by atoms with Gasteiger partial charge in [-0.1, -0.05) is 74.6 Å². The van der Waals surface area contributed by atoms with E-state index in [1.54, 1.807) is 11.4 Å². The van der Waals surface area contributed by atoms with Crippen molar-refractivity contribution < 1.29 is 4.57 Å². The van der Waals surface area contributed by atoms with Crippen LogP contribution in [0.2, 0.25) is 0 Å². The fourth-order valence-corrected chi connectivity index (χ4v) is 7.43. The van der Waals surface area contributed by atoms with Gasteiger partial charge < -0.3 is 0 Å². The van der Waals surface area contributed by atoms with Gasteiger partial charge in [-0.2, -0.15) is 4.57 Å². The molecule has 166 valence electrons. The maximum atomic E-state index is 2.87. The van der Waals surface area contributed by atoms with Crippen molar-refractivity contribution in [2.45, 2.75) is 90.0 Å². The zero-order valence-electron chi connectivity index (χ0n) is 20.0. The van der Waals surface area contributed by atoms with E-state index in [0.717, 1.165) is 5.92 Å². The van der Waals surface area contributed by atoms with E-state index >= 15 is 0 Å². The van der Waals surface area contributed by atoms with Gasteiger partial charge in [-0.15, -0.1) is 0 Å². The number of rotatable bonds is 3.